The average Bonchev–Trinajstić information content (AvgIpc) is 3.18. The molecule has 1 heterocycles. The summed E-state index contributed by atoms with van der Waals surface area (Å²) >= 11 is 0. The van der Waals surface area contributed by atoms with Crippen molar-refractivity contribution in [1.82, 2.24) is 10.1 Å². The van der Waals surface area contributed by atoms with Crippen molar-refractivity contribution in [3.63, 3.8) is 0 Å². The van der Waals surface area contributed by atoms with Crippen molar-refractivity contribution >= 4 is 0 Å². The van der Waals surface area contributed by atoms with Crippen LogP contribution in [0.15, 0.2) is 77.3 Å². The summed E-state index contributed by atoms with van der Waals surface area (Å²) in [6.45, 7) is 2.15. The molecule has 0 aliphatic rings. The van der Waals surface area contributed by atoms with Crippen LogP contribution in [0.2, 0.25) is 0 Å². The first kappa shape index (κ1) is 17.0. The quantitative estimate of drug-likeness (QED) is 0.476. The lowest BCUT2D eigenvalue weighted by Crippen LogP contribution is -1.98. The van der Waals surface area contributed by atoms with Gasteiger partial charge in [-0.2, -0.15) is 4.98 Å². The summed E-state index contributed by atoms with van der Waals surface area (Å²) in [7, 11) is 0. The predicted molar refractivity (Wildman–Crippen MR) is 101 cm³/mol. The van der Waals surface area contributed by atoms with Crippen molar-refractivity contribution < 1.29 is 13.7 Å². The number of rotatable bonds is 5. The highest BCUT2D eigenvalue weighted by Crippen LogP contribution is 2.26. The fourth-order valence-corrected chi connectivity index (χ4v) is 2.76. The molecule has 0 radical (unpaired) electrons. The van der Waals surface area contributed by atoms with Gasteiger partial charge in [0, 0.05) is 16.7 Å². The van der Waals surface area contributed by atoms with Gasteiger partial charge in [0.25, 0.3) is 5.89 Å². The van der Waals surface area contributed by atoms with E-state index in [0.29, 0.717) is 23.0 Å². The van der Waals surface area contributed by atoms with Crippen LogP contribution in [0.1, 0.15) is 11.1 Å². The number of nitrogens with zero attached hydrogens (tertiary/aromatic N) is 2. The average molecular weight is 360 g/mol. The van der Waals surface area contributed by atoms with E-state index in [4.69, 9.17) is 9.26 Å². The summed E-state index contributed by atoms with van der Waals surface area (Å²) in [5, 5.41) is 4.08. The predicted octanol–water partition coefficient (Wildman–Crippen LogP) is 5.43. The number of hydrogen-bond donors (Lipinski definition) is 0. The van der Waals surface area contributed by atoms with Gasteiger partial charge in [-0.1, -0.05) is 53.7 Å². The van der Waals surface area contributed by atoms with Crippen molar-refractivity contribution in [2.75, 3.05) is 0 Å². The van der Waals surface area contributed by atoms with Crippen LogP contribution in [-0.2, 0) is 6.61 Å². The number of benzene rings is 3. The standard InChI is InChI=1S/C22H17FN2O2/c1-15-7-2-4-11-19(15)22-24-21(25-27-22)16-9-6-10-18(13-16)26-14-17-8-3-5-12-20(17)23/h2-13H,14H2,1H3. The van der Waals surface area contributed by atoms with Gasteiger partial charge in [0.05, 0.1) is 0 Å². The number of aryl methyl sites for hydroxylation is 1. The molecular weight excluding hydrogens is 343 g/mol. The molecule has 0 N–H and O–H groups in total. The summed E-state index contributed by atoms with van der Waals surface area (Å²) < 4.78 is 24.9. The Hall–Kier alpha value is -3.47. The molecule has 4 nitrogen and oxygen atoms in total. The Kier molecular flexibility index (Phi) is 4.66. The first-order valence-electron chi connectivity index (χ1n) is 8.57. The van der Waals surface area contributed by atoms with Gasteiger partial charge < -0.3 is 9.26 Å². The molecule has 5 heteroatoms. The molecule has 0 aliphatic carbocycles. The molecule has 0 fully saturated rings. The van der Waals surface area contributed by atoms with Crippen LogP contribution in [0.4, 0.5) is 4.39 Å². The minimum atomic E-state index is -0.283. The molecule has 0 spiro atoms. The first-order chi connectivity index (χ1) is 13.2. The summed E-state index contributed by atoms with van der Waals surface area (Å²) in [5.41, 5.74) is 3.24. The normalized spacial score (nSPS) is 10.7. The highest BCUT2D eigenvalue weighted by atomic mass is 19.1. The van der Waals surface area contributed by atoms with Gasteiger partial charge in [-0.05, 0) is 36.8 Å². The van der Waals surface area contributed by atoms with Crippen LogP contribution in [0, 0.1) is 12.7 Å². The minimum absolute atomic E-state index is 0.150. The van der Waals surface area contributed by atoms with E-state index in [1.807, 2.05) is 55.5 Å². The van der Waals surface area contributed by atoms with Gasteiger partial charge in [0.15, 0.2) is 0 Å². The smallest absolute Gasteiger partial charge is 0.258 e. The number of ether oxygens (including phenoxy) is 1. The maximum Gasteiger partial charge on any atom is 0.258 e. The largest absolute Gasteiger partial charge is 0.489 e. The first-order valence-corrected chi connectivity index (χ1v) is 8.57. The fraction of sp³-hybridized carbons (Fsp3) is 0.0909. The summed E-state index contributed by atoms with van der Waals surface area (Å²) in [6, 6.07) is 21.7. The molecular formula is C22H17FN2O2. The van der Waals surface area contributed by atoms with E-state index in [9.17, 15) is 4.39 Å². The van der Waals surface area contributed by atoms with E-state index in [2.05, 4.69) is 10.1 Å². The van der Waals surface area contributed by atoms with Crippen LogP contribution < -0.4 is 4.74 Å². The lowest BCUT2D eigenvalue weighted by molar-refractivity contribution is 0.300. The minimum Gasteiger partial charge on any atom is -0.489 e. The van der Waals surface area contributed by atoms with Crippen LogP contribution in [0.3, 0.4) is 0 Å². The van der Waals surface area contributed by atoms with Crippen LogP contribution in [0.25, 0.3) is 22.8 Å². The third-order valence-corrected chi connectivity index (χ3v) is 4.25. The summed E-state index contributed by atoms with van der Waals surface area (Å²) in [4.78, 5) is 4.49. The molecule has 1 aromatic heterocycles. The van der Waals surface area contributed by atoms with E-state index in [-0.39, 0.29) is 12.4 Å². The van der Waals surface area contributed by atoms with E-state index in [1.54, 1.807) is 18.2 Å². The molecule has 0 aliphatic heterocycles. The van der Waals surface area contributed by atoms with E-state index < -0.39 is 0 Å². The molecule has 3 aromatic carbocycles. The maximum absolute atomic E-state index is 13.7. The molecule has 27 heavy (non-hydrogen) atoms. The molecule has 0 amide bonds. The Labute approximate surface area is 156 Å². The monoisotopic (exact) mass is 360 g/mol. The third-order valence-electron chi connectivity index (χ3n) is 4.25. The number of halogens is 1. The Morgan fingerprint density at radius 3 is 2.63 bits per heavy atom. The Morgan fingerprint density at radius 2 is 1.78 bits per heavy atom. The van der Waals surface area contributed by atoms with Crippen molar-refractivity contribution in [1.29, 1.82) is 0 Å². The molecule has 0 unspecified atom stereocenters. The molecule has 0 saturated carbocycles. The second-order valence-electron chi connectivity index (χ2n) is 6.15. The van der Waals surface area contributed by atoms with Gasteiger partial charge in [-0.15, -0.1) is 0 Å². The highest BCUT2D eigenvalue weighted by Gasteiger charge is 2.13. The van der Waals surface area contributed by atoms with Crippen LogP contribution >= 0.6 is 0 Å². The topological polar surface area (TPSA) is 48.2 Å². The van der Waals surface area contributed by atoms with Crippen molar-refractivity contribution in [3.05, 3.63) is 89.7 Å². The summed E-state index contributed by atoms with van der Waals surface area (Å²) in [5.74, 6) is 1.28. The van der Waals surface area contributed by atoms with Crippen molar-refractivity contribution in [2.24, 2.45) is 0 Å². The maximum atomic E-state index is 13.7. The van der Waals surface area contributed by atoms with Crippen LogP contribution in [-0.4, -0.2) is 10.1 Å². The Bertz CT molecular complexity index is 1080. The lowest BCUT2D eigenvalue weighted by Gasteiger charge is -2.07. The zero-order chi connectivity index (χ0) is 18.6. The van der Waals surface area contributed by atoms with Gasteiger partial charge in [0.1, 0.15) is 18.2 Å². The zero-order valence-electron chi connectivity index (χ0n) is 14.7. The van der Waals surface area contributed by atoms with Gasteiger partial charge >= 0.3 is 0 Å². The van der Waals surface area contributed by atoms with Gasteiger partial charge in [0.2, 0.25) is 5.82 Å². The zero-order valence-corrected chi connectivity index (χ0v) is 14.7. The van der Waals surface area contributed by atoms with Crippen LogP contribution in [0.5, 0.6) is 5.75 Å². The molecule has 0 atom stereocenters. The van der Waals surface area contributed by atoms with Gasteiger partial charge in [-0.25, -0.2) is 4.39 Å². The SMILES string of the molecule is Cc1ccccc1-c1nc(-c2cccc(OCc3ccccc3F)c2)no1. The fourth-order valence-electron chi connectivity index (χ4n) is 2.76. The summed E-state index contributed by atoms with van der Waals surface area (Å²) in [6.07, 6.45) is 0. The lowest BCUT2D eigenvalue weighted by atomic mass is 10.1. The molecule has 0 bridgehead atoms. The second-order valence-corrected chi connectivity index (χ2v) is 6.15. The van der Waals surface area contributed by atoms with Crippen molar-refractivity contribution in [2.45, 2.75) is 13.5 Å². The Morgan fingerprint density at radius 1 is 0.963 bits per heavy atom. The van der Waals surface area contributed by atoms with E-state index >= 15 is 0 Å². The Balaban J connectivity index is 1.55. The van der Waals surface area contributed by atoms with E-state index in [0.717, 1.165) is 16.7 Å². The van der Waals surface area contributed by atoms with Gasteiger partial charge in [-0.3, -0.25) is 0 Å². The van der Waals surface area contributed by atoms with Crippen molar-refractivity contribution in [3.8, 4) is 28.6 Å². The molecule has 0 saturated heterocycles. The third kappa shape index (κ3) is 3.72. The molecule has 4 aromatic rings. The number of aromatic nitrogens is 2. The molecule has 134 valence electrons. The highest BCUT2D eigenvalue weighted by molar-refractivity contribution is 5.63. The van der Waals surface area contributed by atoms with E-state index in [1.165, 1.54) is 6.07 Å². The second kappa shape index (κ2) is 7.41. The number of hydrogen-bond acceptors (Lipinski definition) is 4. The molecule has 4 rings (SSSR count).